The van der Waals surface area contributed by atoms with Gasteiger partial charge >= 0.3 is 0 Å². The molecule has 0 fully saturated rings. The van der Waals surface area contributed by atoms with Gasteiger partial charge in [0, 0.05) is 16.8 Å². The summed E-state index contributed by atoms with van der Waals surface area (Å²) in [6, 6.07) is 6.33. The summed E-state index contributed by atoms with van der Waals surface area (Å²) >= 11 is 0. The molecular formula is C14H21N3O2. The van der Waals surface area contributed by atoms with Crippen LogP contribution in [0.5, 0.6) is 0 Å². The van der Waals surface area contributed by atoms with Gasteiger partial charge in [-0.15, -0.1) is 0 Å². The molecule has 5 heteroatoms. The number of amides is 2. The normalized spacial score (nSPS) is 12.6. The summed E-state index contributed by atoms with van der Waals surface area (Å²) in [4.78, 5) is 22.8. The maximum absolute atomic E-state index is 11.9. The Hall–Kier alpha value is -2.04. The predicted octanol–water partition coefficient (Wildman–Crippen LogP) is 1.50. The summed E-state index contributed by atoms with van der Waals surface area (Å²) in [6.45, 7) is 7.57. The third-order valence-electron chi connectivity index (χ3n) is 2.44. The van der Waals surface area contributed by atoms with Crippen molar-refractivity contribution in [2.24, 2.45) is 5.73 Å². The summed E-state index contributed by atoms with van der Waals surface area (Å²) in [5.41, 5.74) is 6.11. The van der Waals surface area contributed by atoms with Crippen LogP contribution in [-0.2, 0) is 4.79 Å². The number of benzene rings is 1. The number of carbonyl (C=O) groups is 2. The predicted molar refractivity (Wildman–Crippen MR) is 75.9 cm³/mol. The number of primary amides is 1. The quantitative estimate of drug-likeness (QED) is 0.769. The molecule has 5 nitrogen and oxygen atoms in total. The van der Waals surface area contributed by atoms with Crippen molar-refractivity contribution in [2.75, 3.05) is 5.32 Å². The van der Waals surface area contributed by atoms with E-state index in [9.17, 15) is 9.59 Å². The molecule has 104 valence electrons. The first kappa shape index (κ1) is 15.0. The third-order valence-corrected chi connectivity index (χ3v) is 2.44. The molecule has 1 atom stereocenters. The van der Waals surface area contributed by atoms with Crippen LogP contribution in [0.25, 0.3) is 0 Å². The van der Waals surface area contributed by atoms with E-state index in [4.69, 9.17) is 5.73 Å². The molecule has 0 aliphatic heterocycles. The monoisotopic (exact) mass is 263 g/mol. The van der Waals surface area contributed by atoms with Crippen molar-refractivity contribution >= 4 is 17.5 Å². The van der Waals surface area contributed by atoms with Gasteiger partial charge in [-0.05, 0) is 52.0 Å². The number of rotatable bonds is 4. The van der Waals surface area contributed by atoms with Gasteiger partial charge in [-0.2, -0.15) is 0 Å². The highest BCUT2D eigenvalue weighted by molar-refractivity contribution is 5.93. The second-order valence-corrected chi connectivity index (χ2v) is 5.55. The summed E-state index contributed by atoms with van der Waals surface area (Å²) < 4.78 is 0. The molecule has 1 aromatic carbocycles. The fourth-order valence-electron chi connectivity index (χ4n) is 1.52. The molecule has 0 saturated heterocycles. The van der Waals surface area contributed by atoms with Crippen molar-refractivity contribution in [3.8, 4) is 0 Å². The second-order valence-electron chi connectivity index (χ2n) is 5.55. The summed E-state index contributed by atoms with van der Waals surface area (Å²) in [6.07, 6.45) is 0. The van der Waals surface area contributed by atoms with Crippen molar-refractivity contribution in [3.05, 3.63) is 29.8 Å². The highest BCUT2D eigenvalue weighted by atomic mass is 16.2. The highest BCUT2D eigenvalue weighted by Crippen LogP contribution is 2.11. The van der Waals surface area contributed by atoms with E-state index in [1.54, 1.807) is 31.2 Å². The van der Waals surface area contributed by atoms with E-state index in [-0.39, 0.29) is 17.5 Å². The first-order valence-corrected chi connectivity index (χ1v) is 6.17. The molecule has 0 radical (unpaired) electrons. The van der Waals surface area contributed by atoms with Crippen molar-refractivity contribution in [1.29, 1.82) is 0 Å². The van der Waals surface area contributed by atoms with Crippen LogP contribution in [0.4, 0.5) is 5.69 Å². The zero-order valence-electron chi connectivity index (χ0n) is 11.8. The molecule has 0 spiro atoms. The van der Waals surface area contributed by atoms with Gasteiger partial charge in [-0.25, -0.2) is 0 Å². The van der Waals surface area contributed by atoms with Crippen molar-refractivity contribution in [2.45, 2.75) is 39.3 Å². The molecule has 0 aromatic heterocycles. The number of hydrogen-bond acceptors (Lipinski definition) is 3. The maximum Gasteiger partial charge on any atom is 0.248 e. The summed E-state index contributed by atoms with van der Waals surface area (Å²) in [5, 5.41) is 5.96. The molecular weight excluding hydrogens is 242 g/mol. The molecule has 1 unspecified atom stereocenters. The Balaban J connectivity index is 2.64. The van der Waals surface area contributed by atoms with Crippen LogP contribution in [0, 0.1) is 0 Å². The van der Waals surface area contributed by atoms with E-state index in [0.717, 1.165) is 5.69 Å². The van der Waals surface area contributed by atoms with Crippen LogP contribution in [0.1, 0.15) is 38.1 Å². The first-order valence-electron chi connectivity index (χ1n) is 6.17. The molecule has 1 rings (SSSR count). The number of nitrogens with one attached hydrogen (secondary N) is 2. The molecule has 4 N–H and O–H groups in total. The number of nitrogens with two attached hydrogens (primary N) is 1. The van der Waals surface area contributed by atoms with Crippen molar-refractivity contribution in [1.82, 2.24) is 5.32 Å². The Morgan fingerprint density at radius 3 is 2.11 bits per heavy atom. The molecule has 0 saturated carbocycles. The fourth-order valence-corrected chi connectivity index (χ4v) is 1.52. The maximum atomic E-state index is 11.9. The highest BCUT2D eigenvalue weighted by Gasteiger charge is 2.18. The van der Waals surface area contributed by atoms with Crippen LogP contribution in [0.2, 0.25) is 0 Å². The largest absolute Gasteiger partial charge is 0.374 e. The van der Waals surface area contributed by atoms with Gasteiger partial charge in [0.1, 0.15) is 6.04 Å². The van der Waals surface area contributed by atoms with E-state index in [0.29, 0.717) is 5.56 Å². The Kier molecular flexibility index (Phi) is 4.53. The third kappa shape index (κ3) is 4.99. The molecule has 0 bridgehead atoms. The average Bonchev–Trinajstić information content (AvgIpc) is 2.27. The van der Waals surface area contributed by atoms with E-state index < -0.39 is 5.91 Å². The van der Waals surface area contributed by atoms with Gasteiger partial charge in [0.05, 0.1) is 0 Å². The standard InChI is InChI=1S/C14H21N3O2/c1-9(13(19)17-14(2,3)4)16-11-7-5-10(6-8-11)12(15)18/h5-9,16H,1-4H3,(H2,15,18)(H,17,19). The Morgan fingerprint density at radius 1 is 1.16 bits per heavy atom. The lowest BCUT2D eigenvalue weighted by Gasteiger charge is -2.24. The van der Waals surface area contributed by atoms with Gasteiger partial charge in [0.2, 0.25) is 11.8 Å². The number of anilines is 1. The molecule has 2 amide bonds. The van der Waals surface area contributed by atoms with Crippen LogP contribution < -0.4 is 16.4 Å². The Morgan fingerprint density at radius 2 is 1.68 bits per heavy atom. The van der Waals surface area contributed by atoms with E-state index in [1.807, 2.05) is 20.8 Å². The summed E-state index contributed by atoms with van der Waals surface area (Å²) in [7, 11) is 0. The van der Waals surface area contributed by atoms with Gasteiger partial charge in [-0.1, -0.05) is 0 Å². The molecule has 0 aliphatic carbocycles. The Bertz CT molecular complexity index is 461. The van der Waals surface area contributed by atoms with Crippen LogP contribution in [0.15, 0.2) is 24.3 Å². The minimum atomic E-state index is -0.468. The fraction of sp³-hybridized carbons (Fsp3) is 0.429. The minimum Gasteiger partial charge on any atom is -0.374 e. The lowest BCUT2D eigenvalue weighted by Crippen LogP contribution is -2.47. The topological polar surface area (TPSA) is 84.2 Å². The van der Waals surface area contributed by atoms with E-state index in [1.165, 1.54) is 0 Å². The molecule has 0 aliphatic rings. The average molecular weight is 263 g/mol. The number of carbonyl (C=O) groups excluding carboxylic acids is 2. The zero-order chi connectivity index (χ0) is 14.6. The minimum absolute atomic E-state index is 0.0773. The van der Waals surface area contributed by atoms with Crippen LogP contribution >= 0.6 is 0 Å². The zero-order valence-corrected chi connectivity index (χ0v) is 11.8. The number of hydrogen-bond donors (Lipinski definition) is 3. The van der Waals surface area contributed by atoms with Crippen LogP contribution in [0.3, 0.4) is 0 Å². The lowest BCUT2D eigenvalue weighted by molar-refractivity contribution is -0.122. The van der Waals surface area contributed by atoms with Crippen LogP contribution in [-0.4, -0.2) is 23.4 Å². The smallest absolute Gasteiger partial charge is 0.248 e. The SMILES string of the molecule is CC(Nc1ccc(C(N)=O)cc1)C(=O)NC(C)(C)C. The van der Waals surface area contributed by atoms with Gasteiger partial charge in [-0.3, -0.25) is 9.59 Å². The van der Waals surface area contributed by atoms with Crippen molar-refractivity contribution in [3.63, 3.8) is 0 Å². The second kappa shape index (κ2) is 5.73. The lowest BCUT2D eigenvalue weighted by atomic mass is 10.1. The van der Waals surface area contributed by atoms with Gasteiger partial charge in [0.25, 0.3) is 0 Å². The first-order chi connectivity index (χ1) is 8.69. The van der Waals surface area contributed by atoms with Crippen molar-refractivity contribution < 1.29 is 9.59 Å². The molecule has 0 heterocycles. The van der Waals surface area contributed by atoms with E-state index in [2.05, 4.69) is 10.6 Å². The molecule has 1 aromatic rings. The van der Waals surface area contributed by atoms with Gasteiger partial charge in [0.15, 0.2) is 0 Å². The molecule has 19 heavy (non-hydrogen) atoms. The van der Waals surface area contributed by atoms with Gasteiger partial charge < -0.3 is 16.4 Å². The summed E-state index contributed by atoms with van der Waals surface area (Å²) in [5.74, 6) is -0.545. The van der Waals surface area contributed by atoms with E-state index >= 15 is 0 Å². The Labute approximate surface area is 113 Å².